The lowest BCUT2D eigenvalue weighted by molar-refractivity contribution is -0.148. The topological polar surface area (TPSA) is 103 Å². The number of benzene rings is 2. The summed E-state index contributed by atoms with van der Waals surface area (Å²) in [5.74, 6) is -2.54. The lowest BCUT2D eigenvalue weighted by Crippen LogP contribution is -2.26. The fourth-order valence-corrected chi connectivity index (χ4v) is 2.36. The van der Waals surface area contributed by atoms with Gasteiger partial charge in [-0.05, 0) is 36.4 Å². The van der Waals surface area contributed by atoms with Gasteiger partial charge in [-0.3, -0.25) is 9.59 Å². The van der Waals surface area contributed by atoms with Crippen LogP contribution in [0.1, 0.15) is 5.56 Å². The van der Waals surface area contributed by atoms with E-state index in [1.807, 2.05) is 0 Å². The van der Waals surface area contributed by atoms with Gasteiger partial charge in [0.1, 0.15) is 6.54 Å². The Morgan fingerprint density at radius 3 is 2.37 bits per heavy atom. The molecule has 156 valence electrons. The number of carbonyl (C=O) groups excluding carboxylic acids is 2. The Kier molecular flexibility index (Phi) is 6.00. The number of amides is 1. The average Bonchev–Trinajstić information content (AvgIpc) is 3.07. The molecule has 0 saturated heterocycles. The Labute approximate surface area is 166 Å². The molecule has 0 aliphatic rings. The third kappa shape index (κ3) is 5.34. The third-order valence-corrected chi connectivity index (χ3v) is 3.77. The van der Waals surface area contributed by atoms with Gasteiger partial charge in [0, 0.05) is 11.3 Å². The van der Waals surface area contributed by atoms with Crippen molar-refractivity contribution in [3.05, 3.63) is 70.7 Å². The first-order valence-corrected chi connectivity index (χ1v) is 8.48. The van der Waals surface area contributed by atoms with E-state index in [1.165, 1.54) is 0 Å². The lowest BCUT2D eigenvalue weighted by atomic mass is 10.2. The summed E-state index contributed by atoms with van der Waals surface area (Å²) in [5, 5.41) is 6.18. The second kappa shape index (κ2) is 8.64. The Hall–Kier alpha value is -3.89. The second-order valence-electron chi connectivity index (χ2n) is 5.98. The van der Waals surface area contributed by atoms with E-state index in [-0.39, 0.29) is 11.6 Å². The number of nitrogens with zero attached hydrogens (tertiary/aromatic N) is 2. The number of halogens is 3. The SMILES string of the molecule is O=C(COC(=O)Cn1nc(-c2ccccc2)oc1=O)Nc1ccc(C(F)(F)F)cc1. The van der Waals surface area contributed by atoms with Crippen LogP contribution in [0, 0.1) is 0 Å². The summed E-state index contributed by atoms with van der Waals surface area (Å²) in [6, 6.07) is 12.3. The van der Waals surface area contributed by atoms with Crippen LogP contribution in [0.4, 0.5) is 18.9 Å². The summed E-state index contributed by atoms with van der Waals surface area (Å²) in [6.07, 6.45) is -4.49. The molecule has 0 saturated carbocycles. The zero-order valence-electron chi connectivity index (χ0n) is 15.2. The maximum absolute atomic E-state index is 12.5. The van der Waals surface area contributed by atoms with Gasteiger partial charge in [-0.15, -0.1) is 5.10 Å². The summed E-state index contributed by atoms with van der Waals surface area (Å²) in [4.78, 5) is 35.4. The van der Waals surface area contributed by atoms with Gasteiger partial charge in [-0.2, -0.15) is 17.9 Å². The van der Waals surface area contributed by atoms with Crippen LogP contribution in [-0.4, -0.2) is 28.3 Å². The minimum absolute atomic E-state index is 0.0217. The van der Waals surface area contributed by atoms with Gasteiger partial charge >= 0.3 is 17.9 Å². The highest BCUT2D eigenvalue weighted by atomic mass is 19.4. The molecule has 0 unspecified atom stereocenters. The van der Waals surface area contributed by atoms with Crippen molar-refractivity contribution in [1.82, 2.24) is 9.78 Å². The van der Waals surface area contributed by atoms with E-state index in [0.717, 1.165) is 28.9 Å². The Morgan fingerprint density at radius 1 is 1.07 bits per heavy atom. The molecular weight excluding hydrogens is 407 g/mol. The number of hydrogen-bond donors (Lipinski definition) is 1. The van der Waals surface area contributed by atoms with Crippen molar-refractivity contribution in [2.24, 2.45) is 0 Å². The average molecular weight is 421 g/mol. The summed E-state index contributed by atoms with van der Waals surface area (Å²) < 4.78 is 48.0. The molecule has 1 heterocycles. The molecule has 8 nitrogen and oxygen atoms in total. The normalized spacial score (nSPS) is 11.2. The molecule has 0 aliphatic heterocycles. The molecule has 3 rings (SSSR count). The monoisotopic (exact) mass is 421 g/mol. The van der Waals surface area contributed by atoms with E-state index in [4.69, 9.17) is 9.15 Å². The number of aromatic nitrogens is 2. The van der Waals surface area contributed by atoms with Crippen LogP contribution >= 0.6 is 0 Å². The van der Waals surface area contributed by atoms with Crippen LogP contribution in [0.5, 0.6) is 0 Å². The Morgan fingerprint density at radius 2 is 1.73 bits per heavy atom. The van der Waals surface area contributed by atoms with Crippen molar-refractivity contribution in [2.75, 3.05) is 11.9 Å². The Balaban J connectivity index is 1.52. The van der Waals surface area contributed by atoms with Gasteiger partial charge in [0.25, 0.3) is 5.91 Å². The second-order valence-corrected chi connectivity index (χ2v) is 5.98. The number of hydrogen-bond acceptors (Lipinski definition) is 6. The number of carbonyl (C=O) groups is 2. The molecule has 0 spiro atoms. The highest BCUT2D eigenvalue weighted by Crippen LogP contribution is 2.29. The fraction of sp³-hybridized carbons (Fsp3) is 0.158. The van der Waals surface area contributed by atoms with Gasteiger partial charge in [-0.1, -0.05) is 18.2 Å². The first kappa shape index (κ1) is 20.8. The molecule has 11 heteroatoms. The highest BCUT2D eigenvalue weighted by molar-refractivity contribution is 5.92. The Bertz CT molecular complexity index is 1090. The summed E-state index contributed by atoms with van der Waals surface area (Å²) >= 11 is 0. The smallest absolute Gasteiger partial charge is 0.437 e. The minimum Gasteiger partial charge on any atom is -0.454 e. The van der Waals surface area contributed by atoms with Crippen LogP contribution < -0.4 is 11.1 Å². The molecular formula is C19H14F3N3O5. The molecule has 1 aromatic heterocycles. The maximum atomic E-state index is 12.5. The zero-order chi connectivity index (χ0) is 21.7. The van der Waals surface area contributed by atoms with Gasteiger partial charge in [0.05, 0.1) is 5.56 Å². The van der Waals surface area contributed by atoms with Crippen LogP contribution in [-0.2, 0) is 27.0 Å². The van der Waals surface area contributed by atoms with E-state index < -0.39 is 42.5 Å². The minimum atomic E-state index is -4.49. The van der Waals surface area contributed by atoms with Crippen molar-refractivity contribution >= 4 is 17.6 Å². The van der Waals surface area contributed by atoms with Gasteiger partial charge in [0.15, 0.2) is 6.61 Å². The lowest BCUT2D eigenvalue weighted by Gasteiger charge is -2.09. The summed E-state index contributed by atoms with van der Waals surface area (Å²) in [7, 11) is 0. The predicted molar refractivity (Wildman–Crippen MR) is 97.2 cm³/mol. The molecule has 0 radical (unpaired) electrons. The van der Waals surface area contributed by atoms with Crippen molar-refractivity contribution in [1.29, 1.82) is 0 Å². The quantitative estimate of drug-likeness (QED) is 0.614. The van der Waals surface area contributed by atoms with Crippen molar-refractivity contribution in [3.8, 4) is 11.5 Å². The number of rotatable bonds is 6. The third-order valence-electron chi connectivity index (χ3n) is 3.77. The first-order chi connectivity index (χ1) is 14.2. The van der Waals surface area contributed by atoms with E-state index in [1.54, 1.807) is 30.3 Å². The summed E-state index contributed by atoms with van der Waals surface area (Å²) in [6.45, 7) is -1.28. The largest absolute Gasteiger partial charge is 0.454 e. The maximum Gasteiger partial charge on any atom is 0.437 e. The highest BCUT2D eigenvalue weighted by Gasteiger charge is 2.30. The number of alkyl halides is 3. The summed E-state index contributed by atoms with van der Waals surface area (Å²) in [5.41, 5.74) is -0.221. The molecule has 1 N–H and O–H groups in total. The number of ether oxygens (including phenoxy) is 1. The molecule has 0 fully saturated rings. The van der Waals surface area contributed by atoms with E-state index in [0.29, 0.717) is 5.56 Å². The van der Waals surface area contributed by atoms with Gasteiger partial charge in [-0.25, -0.2) is 4.79 Å². The standard InChI is InChI=1S/C19H14F3N3O5/c20-19(21,22)13-6-8-14(9-7-13)23-15(26)11-29-16(27)10-25-18(28)30-17(24-25)12-4-2-1-3-5-12/h1-9H,10-11H2,(H,23,26). The van der Waals surface area contributed by atoms with Crippen LogP contribution in [0.2, 0.25) is 0 Å². The molecule has 30 heavy (non-hydrogen) atoms. The number of nitrogens with one attached hydrogen (secondary N) is 1. The van der Waals surface area contributed by atoms with Crippen LogP contribution in [0.15, 0.2) is 63.8 Å². The number of anilines is 1. The van der Waals surface area contributed by atoms with E-state index in [9.17, 15) is 27.6 Å². The molecule has 0 aliphatic carbocycles. The van der Waals surface area contributed by atoms with Crippen LogP contribution in [0.25, 0.3) is 11.5 Å². The van der Waals surface area contributed by atoms with Gasteiger partial charge in [0.2, 0.25) is 5.89 Å². The molecule has 0 atom stereocenters. The molecule has 2 aromatic carbocycles. The van der Waals surface area contributed by atoms with Crippen molar-refractivity contribution < 1.29 is 31.9 Å². The predicted octanol–water partition coefficient (Wildman–Crippen LogP) is 2.70. The molecule has 3 aromatic rings. The van der Waals surface area contributed by atoms with Crippen molar-refractivity contribution in [2.45, 2.75) is 12.7 Å². The molecule has 0 bridgehead atoms. The van der Waals surface area contributed by atoms with Gasteiger partial charge < -0.3 is 14.5 Å². The van der Waals surface area contributed by atoms with Crippen LogP contribution in [0.3, 0.4) is 0 Å². The first-order valence-electron chi connectivity index (χ1n) is 8.48. The molecule has 1 amide bonds. The van der Waals surface area contributed by atoms with E-state index >= 15 is 0 Å². The van der Waals surface area contributed by atoms with Crippen molar-refractivity contribution in [3.63, 3.8) is 0 Å². The van der Waals surface area contributed by atoms with E-state index in [2.05, 4.69) is 10.4 Å². The zero-order valence-corrected chi connectivity index (χ0v) is 15.2. The number of esters is 1. The fourth-order valence-electron chi connectivity index (χ4n) is 2.36.